The van der Waals surface area contributed by atoms with Crippen molar-refractivity contribution in [3.63, 3.8) is 0 Å². The number of carbonyl (C=O) groups excluding carboxylic acids is 1. The van der Waals surface area contributed by atoms with Crippen LogP contribution in [-0.4, -0.2) is 27.5 Å². The van der Waals surface area contributed by atoms with Crippen LogP contribution in [0.2, 0.25) is 0 Å². The first kappa shape index (κ1) is 15.1. The molecule has 0 saturated heterocycles. The SMILES string of the molecule is CCC(C)(NC(=O)c1cc2c(C)c(C)ccc2[nH]1)C(=O)O. The van der Waals surface area contributed by atoms with Gasteiger partial charge in [0.25, 0.3) is 5.91 Å². The molecule has 1 aromatic heterocycles. The number of aliphatic carboxylic acids is 1. The Balaban J connectivity index is 2.36. The van der Waals surface area contributed by atoms with Gasteiger partial charge in [-0.1, -0.05) is 13.0 Å². The Morgan fingerprint density at radius 3 is 2.57 bits per heavy atom. The van der Waals surface area contributed by atoms with Crippen molar-refractivity contribution in [2.45, 2.75) is 39.7 Å². The van der Waals surface area contributed by atoms with Gasteiger partial charge >= 0.3 is 5.97 Å². The van der Waals surface area contributed by atoms with Gasteiger partial charge in [-0.2, -0.15) is 0 Å². The van der Waals surface area contributed by atoms with E-state index in [0.717, 1.165) is 22.0 Å². The topological polar surface area (TPSA) is 82.2 Å². The number of aryl methyl sites for hydroxylation is 2. The van der Waals surface area contributed by atoms with E-state index in [4.69, 9.17) is 0 Å². The number of hydrogen-bond donors (Lipinski definition) is 3. The van der Waals surface area contributed by atoms with E-state index in [1.54, 1.807) is 13.0 Å². The lowest BCUT2D eigenvalue weighted by atomic mass is 9.99. The molecule has 1 amide bonds. The summed E-state index contributed by atoms with van der Waals surface area (Å²) < 4.78 is 0. The highest BCUT2D eigenvalue weighted by molar-refractivity contribution is 6.01. The number of aromatic amines is 1. The second-order valence-corrected chi connectivity index (χ2v) is 5.60. The first-order valence-electron chi connectivity index (χ1n) is 6.93. The van der Waals surface area contributed by atoms with Gasteiger partial charge in [0.15, 0.2) is 0 Å². The first-order chi connectivity index (χ1) is 9.78. The molecule has 0 saturated carbocycles. The molecule has 1 unspecified atom stereocenters. The van der Waals surface area contributed by atoms with Crippen molar-refractivity contribution in [2.75, 3.05) is 0 Å². The molecule has 0 fully saturated rings. The Kier molecular flexibility index (Phi) is 3.77. The van der Waals surface area contributed by atoms with Crippen molar-refractivity contribution in [2.24, 2.45) is 0 Å². The van der Waals surface area contributed by atoms with Crippen LogP contribution >= 0.6 is 0 Å². The highest BCUT2D eigenvalue weighted by atomic mass is 16.4. The molecule has 0 aliphatic rings. The fourth-order valence-corrected chi connectivity index (χ4v) is 2.19. The molecule has 1 atom stereocenters. The summed E-state index contributed by atoms with van der Waals surface area (Å²) in [6.45, 7) is 7.25. The van der Waals surface area contributed by atoms with Crippen molar-refractivity contribution in [1.82, 2.24) is 10.3 Å². The van der Waals surface area contributed by atoms with E-state index in [-0.39, 0.29) is 0 Å². The quantitative estimate of drug-likeness (QED) is 0.809. The fraction of sp³-hybridized carbons (Fsp3) is 0.375. The molecule has 0 aliphatic heterocycles. The smallest absolute Gasteiger partial charge is 0.329 e. The van der Waals surface area contributed by atoms with E-state index in [9.17, 15) is 14.7 Å². The minimum Gasteiger partial charge on any atom is -0.480 e. The zero-order valence-electron chi connectivity index (χ0n) is 12.7. The van der Waals surface area contributed by atoms with Crippen molar-refractivity contribution in [3.8, 4) is 0 Å². The second kappa shape index (κ2) is 5.24. The Morgan fingerprint density at radius 1 is 1.33 bits per heavy atom. The van der Waals surface area contributed by atoms with Gasteiger partial charge in [-0.05, 0) is 50.5 Å². The van der Waals surface area contributed by atoms with Crippen LogP contribution in [0.25, 0.3) is 10.9 Å². The molecular formula is C16H20N2O3. The van der Waals surface area contributed by atoms with Crippen molar-refractivity contribution < 1.29 is 14.7 Å². The third-order valence-electron chi connectivity index (χ3n) is 4.16. The van der Waals surface area contributed by atoms with Gasteiger partial charge in [-0.15, -0.1) is 0 Å². The third-order valence-corrected chi connectivity index (χ3v) is 4.16. The van der Waals surface area contributed by atoms with Crippen LogP contribution in [-0.2, 0) is 4.79 Å². The molecule has 2 aromatic rings. The Morgan fingerprint density at radius 2 is 2.00 bits per heavy atom. The summed E-state index contributed by atoms with van der Waals surface area (Å²) in [4.78, 5) is 26.6. The summed E-state index contributed by atoms with van der Waals surface area (Å²) in [6.07, 6.45) is 0.312. The number of carboxylic acids is 1. The summed E-state index contributed by atoms with van der Waals surface area (Å²) in [5, 5.41) is 12.8. The van der Waals surface area contributed by atoms with Crippen LogP contribution in [0.4, 0.5) is 0 Å². The molecular weight excluding hydrogens is 268 g/mol. The van der Waals surface area contributed by atoms with Gasteiger partial charge in [-0.3, -0.25) is 4.79 Å². The number of benzene rings is 1. The van der Waals surface area contributed by atoms with Gasteiger partial charge in [0.05, 0.1) is 0 Å². The second-order valence-electron chi connectivity index (χ2n) is 5.60. The van der Waals surface area contributed by atoms with Crippen LogP contribution in [0.15, 0.2) is 18.2 Å². The summed E-state index contributed by atoms with van der Waals surface area (Å²) in [5.74, 6) is -1.45. The maximum absolute atomic E-state index is 12.3. The zero-order valence-corrected chi connectivity index (χ0v) is 12.7. The molecule has 0 radical (unpaired) electrons. The number of H-pyrrole nitrogens is 1. The number of hydrogen-bond acceptors (Lipinski definition) is 2. The summed E-state index contributed by atoms with van der Waals surface area (Å²) in [5.41, 5.74) is 2.24. The van der Waals surface area contributed by atoms with Gasteiger partial charge in [0.1, 0.15) is 11.2 Å². The molecule has 112 valence electrons. The van der Waals surface area contributed by atoms with E-state index in [1.807, 2.05) is 26.0 Å². The van der Waals surface area contributed by atoms with Gasteiger partial charge < -0.3 is 15.4 Å². The molecule has 21 heavy (non-hydrogen) atoms. The van der Waals surface area contributed by atoms with Crippen molar-refractivity contribution in [3.05, 3.63) is 35.0 Å². The van der Waals surface area contributed by atoms with Gasteiger partial charge in [-0.25, -0.2) is 4.79 Å². The molecule has 2 rings (SSSR count). The Bertz CT molecular complexity index is 718. The molecule has 5 heteroatoms. The lowest BCUT2D eigenvalue weighted by Gasteiger charge is -2.24. The molecule has 0 spiro atoms. The van der Waals surface area contributed by atoms with E-state index in [1.165, 1.54) is 6.92 Å². The number of carboxylic acid groups (broad SMARTS) is 1. The van der Waals surface area contributed by atoms with Crippen LogP contribution in [0, 0.1) is 13.8 Å². The van der Waals surface area contributed by atoms with E-state index in [2.05, 4.69) is 10.3 Å². The number of aromatic nitrogens is 1. The van der Waals surface area contributed by atoms with E-state index < -0.39 is 17.4 Å². The molecule has 5 nitrogen and oxygen atoms in total. The van der Waals surface area contributed by atoms with E-state index in [0.29, 0.717) is 12.1 Å². The molecule has 0 aliphatic carbocycles. The first-order valence-corrected chi connectivity index (χ1v) is 6.93. The third kappa shape index (κ3) is 2.63. The van der Waals surface area contributed by atoms with Gasteiger partial charge in [0, 0.05) is 10.9 Å². The minimum absolute atomic E-state index is 0.312. The lowest BCUT2D eigenvalue weighted by molar-refractivity contribution is -0.143. The number of nitrogens with one attached hydrogen (secondary N) is 2. The zero-order chi connectivity index (χ0) is 15.8. The standard InChI is InChI=1S/C16H20N2O3/c1-5-16(4,15(20)21)18-14(19)13-8-11-10(3)9(2)6-7-12(11)17-13/h6-8,17H,5H2,1-4H3,(H,18,19)(H,20,21). The summed E-state index contributed by atoms with van der Waals surface area (Å²) in [7, 11) is 0. The van der Waals surface area contributed by atoms with Crippen LogP contribution in [0.3, 0.4) is 0 Å². The maximum atomic E-state index is 12.3. The average Bonchev–Trinajstić information content (AvgIpc) is 2.87. The van der Waals surface area contributed by atoms with E-state index >= 15 is 0 Å². The highest BCUT2D eigenvalue weighted by Crippen LogP contribution is 2.22. The monoisotopic (exact) mass is 288 g/mol. The van der Waals surface area contributed by atoms with Crippen LogP contribution in [0.1, 0.15) is 41.9 Å². The molecule has 0 bridgehead atoms. The summed E-state index contributed by atoms with van der Waals surface area (Å²) >= 11 is 0. The number of rotatable bonds is 4. The largest absolute Gasteiger partial charge is 0.480 e. The highest BCUT2D eigenvalue weighted by Gasteiger charge is 2.33. The predicted octanol–water partition coefficient (Wildman–Crippen LogP) is 2.77. The normalized spacial score (nSPS) is 13.9. The fourth-order valence-electron chi connectivity index (χ4n) is 2.19. The Hall–Kier alpha value is -2.30. The lowest BCUT2D eigenvalue weighted by Crippen LogP contribution is -2.51. The minimum atomic E-state index is -1.26. The van der Waals surface area contributed by atoms with Gasteiger partial charge in [0.2, 0.25) is 0 Å². The maximum Gasteiger partial charge on any atom is 0.329 e. The number of amides is 1. The number of fused-ring (bicyclic) bond motifs is 1. The summed E-state index contributed by atoms with van der Waals surface area (Å²) in [6, 6.07) is 5.68. The average molecular weight is 288 g/mol. The van der Waals surface area contributed by atoms with Crippen LogP contribution < -0.4 is 5.32 Å². The van der Waals surface area contributed by atoms with Crippen molar-refractivity contribution in [1.29, 1.82) is 0 Å². The molecule has 1 heterocycles. The molecule has 1 aromatic carbocycles. The predicted molar refractivity (Wildman–Crippen MR) is 81.6 cm³/mol. The van der Waals surface area contributed by atoms with Crippen LogP contribution in [0.5, 0.6) is 0 Å². The van der Waals surface area contributed by atoms with Crippen molar-refractivity contribution >= 4 is 22.8 Å². The Labute approximate surface area is 123 Å². The number of carbonyl (C=O) groups is 2. The molecule has 3 N–H and O–H groups in total.